The Bertz CT molecular complexity index is 468. The molecule has 0 bridgehead atoms. The molecule has 0 spiro atoms. The molecule has 0 saturated heterocycles. The molecule has 124 valence electrons. The zero-order valence-electron chi connectivity index (χ0n) is 14.2. The largest absolute Gasteiger partial charge is 0.444 e. The fourth-order valence-electron chi connectivity index (χ4n) is 2.13. The van der Waals surface area contributed by atoms with Crippen LogP contribution in [0.15, 0.2) is 24.3 Å². The summed E-state index contributed by atoms with van der Waals surface area (Å²) < 4.78 is 5.50. The van der Waals surface area contributed by atoms with E-state index in [0.717, 1.165) is 42.8 Å². The third-order valence-electron chi connectivity index (χ3n) is 3.29. The SMILES string of the molecule is CCCCCN(CCc1ccccc1Cl)C(=O)OC(C)(C)C. The Balaban J connectivity index is 2.65. The van der Waals surface area contributed by atoms with Crippen molar-refractivity contribution in [3.05, 3.63) is 34.9 Å². The Morgan fingerprint density at radius 1 is 1.18 bits per heavy atom. The van der Waals surface area contributed by atoms with Crippen LogP contribution in [-0.4, -0.2) is 29.7 Å². The molecule has 3 nitrogen and oxygen atoms in total. The Hall–Kier alpha value is -1.22. The highest BCUT2D eigenvalue weighted by atomic mass is 35.5. The molecule has 0 N–H and O–H groups in total. The standard InChI is InChI=1S/C18H28ClNO2/c1-5-6-9-13-20(17(21)22-18(2,3)4)14-12-15-10-7-8-11-16(15)19/h7-8,10-11H,5-6,9,12-14H2,1-4H3. The normalized spacial score (nSPS) is 11.3. The fourth-order valence-corrected chi connectivity index (χ4v) is 2.36. The smallest absolute Gasteiger partial charge is 0.410 e. The molecule has 0 aromatic heterocycles. The molecule has 22 heavy (non-hydrogen) atoms. The van der Waals surface area contributed by atoms with Gasteiger partial charge in [0.25, 0.3) is 0 Å². The van der Waals surface area contributed by atoms with E-state index < -0.39 is 5.60 Å². The van der Waals surface area contributed by atoms with E-state index in [1.54, 1.807) is 4.90 Å². The number of hydrogen-bond acceptors (Lipinski definition) is 2. The van der Waals surface area contributed by atoms with Gasteiger partial charge in [-0.05, 0) is 45.2 Å². The van der Waals surface area contributed by atoms with Gasteiger partial charge in [0.2, 0.25) is 0 Å². The molecule has 1 amide bonds. The number of carbonyl (C=O) groups excluding carboxylic acids is 1. The predicted octanol–water partition coefficient (Wildman–Crippen LogP) is 5.31. The zero-order valence-corrected chi connectivity index (χ0v) is 14.9. The Labute approximate surface area is 139 Å². The number of amides is 1. The van der Waals surface area contributed by atoms with Crippen molar-refractivity contribution >= 4 is 17.7 Å². The molecule has 0 radical (unpaired) electrons. The average Bonchev–Trinajstić information content (AvgIpc) is 2.42. The van der Waals surface area contributed by atoms with Gasteiger partial charge in [-0.2, -0.15) is 0 Å². The van der Waals surface area contributed by atoms with Crippen LogP contribution in [0.2, 0.25) is 5.02 Å². The first-order valence-electron chi connectivity index (χ1n) is 8.05. The minimum atomic E-state index is -0.468. The lowest BCUT2D eigenvalue weighted by Crippen LogP contribution is -2.38. The first-order valence-corrected chi connectivity index (χ1v) is 8.42. The average molecular weight is 326 g/mol. The molecular formula is C18H28ClNO2. The van der Waals surface area contributed by atoms with Crippen LogP contribution in [0.25, 0.3) is 0 Å². The van der Waals surface area contributed by atoms with E-state index in [-0.39, 0.29) is 6.09 Å². The maximum Gasteiger partial charge on any atom is 0.410 e. The lowest BCUT2D eigenvalue weighted by Gasteiger charge is -2.27. The van der Waals surface area contributed by atoms with Gasteiger partial charge in [-0.25, -0.2) is 4.79 Å². The van der Waals surface area contributed by atoms with E-state index in [0.29, 0.717) is 6.54 Å². The van der Waals surface area contributed by atoms with Crippen LogP contribution in [0.1, 0.15) is 52.5 Å². The molecule has 1 rings (SSSR count). The van der Waals surface area contributed by atoms with Gasteiger partial charge >= 0.3 is 6.09 Å². The predicted molar refractivity (Wildman–Crippen MR) is 92.5 cm³/mol. The summed E-state index contributed by atoms with van der Waals surface area (Å²) in [5.74, 6) is 0. The number of unbranched alkanes of at least 4 members (excludes halogenated alkanes) is 2. The molecule has 0 saturated carbocycles. The summed E-state index contributed by atoms with van der Waals surface area (Å²) in [6.45, 7) is 9.19. The van der Waals surface area contributed by atoms with Crippen LogP contribution in [0, 0.1) is 0 Å². The summed E-state index contributed by atoms with van der Waals surface area (Å²) in [6, 6.07) is 7.77. The van der Waals surface area contributed by atoms with Crippen molar-refractivity contribution < 1.29 is 9.53 Å². The molecule has 1 aromatic rings. The number of halogens is 1. The van der Waals surface area contributed by atoms with E-state index >= 15 is 0 Å². The monoisotopic (exact) mass is 325 g/mol. The minimum absolute atomic E-state index is 0.240. The van der Waals surface area contributed by atoms with E-state index in [2.05, 4.69) is 6.92 Å². The van der Waals surface area contributed by atoms with Crippen LogP contribution in [0.3, 0.4) is 0 Å². The fraction of sp³-hybridized carbons (Fsp3) is 0.611. The van der Waals surface area contributed by atoms with Gasteiger partial charge in [0.1, 0.15) is 5.60 Å². The minimum Gasteiger partial charge on any atom is -0.444 e. The van der Waals surface area contributed by atoms with E-state index in [9.17, 15) is 4.79 Å². The lowest BCUT2D eigenvalue weighted by molar-refractivity contribution is 0.0249. The molecule has 0 unspecified atom stereocenters. The van der Waals surface area contributed by atoms with Gasteiger partial charge in [-0.3, -0.25) is 0 Å². The Kier molecular flexibility index (Phi) is 7.74. The van der Waals surface area contributed by atoms with Gasteiger partial charge in [0.15, 0.2) is 0 Å². The Morgan fingerprint density at radius 3 is 2.45 bits per heavy atom. The molecule has 0 aliphatic carbocycles. The van der Waals surface area contributed by atoms with Crippen molar-refractivity contribution in [2.24, 2.45) is 0 Å². The van der Waals surface area contributed by atoms with Crippen LogP contribution < -0.4 is 0 Å². The molecule has 0 atom stereocenters. The quantitative estimate of drug-likeness (QED) is 0.636. The Morgan fingerprint density at radius 2 is 1.86 bits per heavy atom. The molecule has 0 aliphatic heterocycles. The van der Waals surface area contributed by atoms with Gasteiger partial charge < -0.3 is 9.64 Å². The number of carbonyl (C=O) groups is 1. The van der Waals surface area contributed by atoms with Crippen LogP contribution in [-0.2, 0) is 11.2 Å². The highest BCUT2D eigenvalue weighted by Crippen LogP contribution is 2.17. The summed E-state index contributed by atoms with van der Waals surface area (Å²) in [6.07, 6.45) is 3.75. The first kappa shape index (κ1) is 18.8. The summed E-state index contributed by atoms with van der Waals surface area (Å²) in [5, 5.41) is 0.750. The van der Waals surface area contributed by atoms with Crippen molar-refractivity contribution in [2.75, 3.05) is 13.1 Å². The lowest BCUT2D eigenvalue weighted by atomic mass is 10.1. The van der Waals surface area contributed by atoms with Crippen molar-refractivity contribution in [3.63, 3.8) is 0 Å². The molecule has 1 aromatic carbocycles. The maximum atomic E-state index is 12.3. The maximum absolute atomic E-state index is 12.3. The van der Waals surface area contributed by atoms with E-state index in [1.165, 1.54) is 0 Å². The van der Waals surface area contributed by atoms with Crippen molar-refractivity contribution in [3.8, 4) is 0 Å². The zero-order chi connectivity index (χ0) is 16.6. The summed E-state index contributed by atoms with van der Waals surface area (Å²) in [5.41, 5.74) is 0.595. The summed E-state index contributed by atoms with van der Waals surface area (Å²) in [4.78, 5) is 14.1. The van der Waals surface area contributed by atoms with Crippen molar-refractivity contribution in [1.82, 2.24) is 4.90 Å². The number of benzene rings is 1. The topological polar surface area (TPSA) is 29.5 Å². The molecule has 0 fully saturated rings. The van der Waals surface area contributed by atoms with E-state index in [4.69, 9.17) is 16.3 Å². The van der Waals surface area contributed by atoms with Gasteiger partial charge in [-0.15, -0.1) is 0 Å². The number of hydrogen-bond donors (Lipinski definition) is 0. The number of nitrogens with zero attached hydrogens (tertiary/aromatic N) is 1. The molecular weight excluding hydrogens is 298 g/mol. The second-order valence-corrected chi connectivity index (χ2v) is 6.92. The summed E-state index contributed by atoms with van der Waals surface area (Å²) in [7, 11) is 0. The number of ether oxygens (including phenoxy) is 1. The first-order chi connectivity index (χ1) is 10.3. The second kappa shape index (κ2) is 9.04. The van der Waals surface area contributed by atoms with Gasteiger partial charge in [-0.1, -0.05) is 49.6 Å². The van der Waals surface area contributed by atoms with Crippen molar-refractivity contribution in [1.29, 1.82) is 0 Å². The highest BCUT2D eigenvalue weighted by molar-refractivity contribution is 6.31. The summed E-state index contributed by atoms with van der Waals surface area (Å²) >= 11 is 6.19. The highest BCUT2D eigenvalue weighted by Gasteiger charge is 2.21. The van der Waals surface area contributed by atoms with Crippen LogP contribution >= 0.6 is 11.6 Å². The van der Waals surface area contributed by atoms with Gasteiger partial charge in [0, 0.05) is 18.1 Å². The third-order valence-corrected chi connectivity index (χ3v) is 3.66. The third kappa shape index (κ3) is 7.17. The number of rotatable bonds is 7. The molecule has 4 heteroatoms. The molecule has 0 aliphatic rings. The van der Waals surface area contributed by atoms with Gasteiger partial charge in [0.05, 0.1) is 0 Å². The van der Waals surface area contributed by atoms with Crippen LogP contribution in [0.4, 0.5) is 4.79 Å². The second-order valence-electron chi connectivity index (χ2n) is 6.52. The molecule has 0 heterocycles. The van der Waals surface area contributed by atoms with Crippen molar-refractivity contribution in [2.45, 2.75) is 59.0 Å². The van der Waals surface area contributed by atoms with E-state index in [1.807, 2.05) is 45.0 Å². The van der Waals surface area contributed by atoms with Crippen LogP contribution in [0.5, 0.6) is 0 Å².